The predicted molar refractivity (Wildman–Crippen MR) is 97.9 cm³/mol. The normalized spacial score (nSPS) is 31.0. The molecule has 1 aromatic carbocycles. The van der Waals surface area contributed by atoms with E-state index in [4.69, 9.17) is 0 Å². The Morgan fingerprint density at radius 2 is 1.75 bits per heavy atom. The van der Waals surface area contributed by atoms with Gasteiger partial charge in [-0.1, -0.05) is 0 Å². The Hall–Kier alpha value is -1.77. The fraction of sp³-hybridized carbons (Fsp3) is 0.632. The lowest BCUT2D eigenvalue weighted by molar-refractivity contribution is -0.388. The molecular weight excluding hydrogens is 393 g/mol. The van der Waals surface area contributed by atoms with E-state index in [2.05, 4.69) is 5.32 Å². The summed E-state index contributed by atoms with van der Waals surface area (Å²) in [6.45, 7) is 0. The Kier molecular flexibility index (Phi) is 4.84. The van der Waals surface area contributed by atoms with E-state index in [9.17, 15) is 28.1 Å². The van der Waals surface area contributed by atoms with Gasteiger partial charge < -0.3 is 5.32 Å². The summed E-state index contributed by atoms with van der Waals surface area (Å²) in [5, 5.41) is 14.3. The number of nitro groups is 1. The maximum Gasteiger partial charge on any atom is 0.416 e. The Bertz CT molecular complexity index is 777. The first-order chi connectivity index (χ1) is 13.1. The van der Waals surface area contributed by atoms with Crippen LogP contribution in [-0.2, 0) is 11.0 Å². The fourth-order valence-electron chi connectivity index (χ4n) is 5.70. The molecule has 4 bridgehead atoms. The van der Waals surface area contributed by atoms with Gasteiger partial charge in [-0.05, 0) is 68.4 Å². The van der Waals surface area contributed by atoms with Crippen molar-refractivity contribution in [3.63, 3.8) is 0 Å². The fourth-order valence-corrected chi connectivity index (χ4v) is 6.50. The Morgan fingerprint density at radius 1 is 1.18 bits per heavy atom. The molecule has 0 heterocycles. The molecule has 9 heteroatoms. The van der Waals surface area contributed by atoms with Gasteiger partial charge in [0.25, 0.3) is 5.69 Å². The van der Waals surface area contributed by atoms with Gasteiger partial charge in [0.2, 0.25) is 5.91 Å². The number of nitrogens with zero attached hydrogens (tertiary/aromatic N) is 1. The first-order valence-corrected chi connectivity index (χ1v) is 10.4. The van der Waals surface area contributed by atoms with E-state index in [0.29, 0.717) is 23.8 Å². The van der Waals surface area contributed by atoms with Crippen LogP contribution in [0.25, 0.3) is 0 Å². The summed E-state index contributed by atoms with van der Waals surface area (Å²) in [5.74, 6) is 1.77. The van der Waals surface area contributed by atoms with E-state index >= 15 is 0 Å². The van der Waals surface area contributed by atoms with Crippen molar-refractivity contribution in [1.82, 2.24) is 5.32 Å². The number of nitro benzene ring substituents is 1. The maximum absolute atomic E-state index is 12.8. The van der Waals surface area contributed by atoms with E-state index in [-0.39, 0.29) is 22.1 Å². The number of thioether (sulfide) groups is 1. The second kappa shape index (κ2) is 6.93. The van der Waals surface area contributed by atoms with Crippen molar-refractivity contribution in [3.8, 4) is 0 Å². The molecule has 1 N–H and O–H groups in total. The SMILES string of the molecule is O=C(CSc1ccc(C(F)(F)F)cc1[N+](=O)[O-])NC12CC3CC(CC(C3)C1)C2. The van der Waals surface area contributed by atoms with Gasteiger partial charge in [-0.25, -0.2) is 0 Å². The van der Waals surface area contributed by atoms with Crippen LogP contribution in [0.5, 0.6) is 0 Å². The quantitative estimate of drug-likeness (QED) is 0.427. The van der Waals surface area contributed by atoms with Crippen molar-refractivity contribution in [2.75, 3.05) is 5.75 Å². The third-order valence-electron chi connectivity index (χ3n) is 6.28. The van der Waals surface area contributed by atoms with E-state index in [0.717, 1.165) is 43.2 Å². The highest BCUT2D eigenvalue weighted by Gasteiger charge is 2.51. The van der Waals surface area contributed by atoms with Crippen LogP contribution in [0.2, 0.25) is 0 Å². The first kappa shape index (κ1) is 19.5. The van der Waals surface area contributed by atoms with Gasteiger partial charge in [-0.3, -0.25) is 14.9 Å². The van der Waals surface area contributed by atoms with Crippen LogP contribution >= 0.6 is 11.8 Å². The van der Waals surface area contributed by atoms with Gasteiger partial charge in [0.15, 0.2) is 0 Å². The molecule has 4 aliphatic carbocycles. The topological polar surface area (TPSA) is 72.2 Å². The molecule has 4 aliphatic rings. The lowest BCUT2D eigenvalue weighted by atomic mass is 9.53. The molecule has 5 rings (SSSR count). The zero-order valence-corrected chi connectivity index (χ0v) is 15.9. The van der Waals surface area contributed by atoms with Crippen molar-refractivity contribution in [2.24, 2.45) is 17.8 Å². The van der Waals surface area contributed by atoms with Gasteiger partial charge in [0.1, 0.15) is 0 Å². The molecule has 0 aromatic heterocycles. The standard InChI is InChI=1S/C19H21F3N2O3S/c20-19(21,22)14-1-2-16(15(6-14)24(26)27)28-10-17(25)23-18-7-11-3-12(8-18)5-13(4-11)9-18/h1-2,6,11-13H,3-5,7-10H2,(H,23,25). The molecule has 152 valence electrons. The van der Waals surface area contributed by atoms with Gasteiger partial charge in [0.05, 0.1) is 21.1 Å². The molecule has 1 aromatic rings. The minimum absolute atomic E-state index is 0.0477. The van der Waals surface area contributed by atoms with Gasteiger partial charge >= 0.3 is 6.18 Å². The average molecular weight is 414 g/mol. The number of rotatable bonds is 5. The predicted octanol–water partition coefficient (Wildman–Crippen LogP) is 4.79. The van der Waals surface area contributed by atoms with Crippen molar-refractivity contribution in [2.45, 2.75) is 55.1 Å². The molecule has 28 heavy (non-hydrogen) atoms. The molecular formula is C19H21F3N2O3S. The third kappa shape index (κ3) is 3.86. The van der Waals surface area contributed by atoms with Crippen LogP contribution in [0.4, 0.5) is 18.9 Å². The number of benzene rings is 1. The summed E-state index contributed by atoms with van der Waals surface area (Å²) in [4.78, 5) is 22.9. The second-order valence-corrected chi connectivity index (χ2v) is 9.49. The zero-order chi connectivity index (χ0) is 20.1. The molecule has 0 atom stereocenters. The van der Waals surface area contributed by atoms with Crippen molar-refractivity contribution in [3.05, 3.63) is 33.9 Å². The smallest absolute Gasteiger partial charge is 0.350 e. The molecule has 0 saturated heterocycles. The summed E-state index contributed by atoms with van der Waals surface area (Å²) in [5.41, 5.74) is -1.85. The number of alkyl halides is 3. The molecule has 5 nitrogen and oxygen atoms in total. The molecule has 0 aliphatic heterocycles. The summed E-state index contributed by atoms with van der Waals surface area (Å²) in [6.07, 6.45) is 2.09. The molecule has 4 fully saturated rings. The van der Waals surface area contributed by atoms with Crippen LogP contribution in [0, 0.1) is 27.9 Å². The Morgan fingerprint density at radius 3 is 2.25 bits per heavy atom. The monoisotopic (exact) mass is 414 g/mol. The highest BCUT2D eigenvalue weighted by atomic mass is 32.2. The summed E-state index contributed by atoms with van der Waals surface area (Å²) < 4.78 is 38.4. The lowest BCUT2D eigenvalue weighted by Gasteiger charge is -2.56. The highest BCUT2D eigenvalue weighted by Crippen LogP contribution is 2.55. The van der Waals surface area contributed by atoms with Crippen LogP contribution in [0.1, 0.15) is 44.1 Å². The van der Waals surface area contributed by atoms with Crippen LogP contribution in [-0.4, -0.2) is 22.1 Å². The molecule has 0 radical (unpaired) electrons. The number of hydrogen-bond acceptors (Lipinski definition) is 4. The van der Waals surface area contributed by atoms with Crippen LogP contribution < -0.4 is 5.32 Å². The number of amides is 1. The number of nitrogens with one attached hydrogen (secondary N) is 1. The van der Waals surface area contributed by atoms with Crippen LogP contribution in [0.3, 0.4) is 0 Å². The number of hydrogen-bond donors (Lipinski definition) is 1. The first-order valence-electron chi connectivity index (χ1n) is 9.43. The third-order valence-corrected chi connectivity index (χ3v) is 7.35. The lowest BCUT2D eigenvalue weighted by Crippen LogP contribution is -2.60. The highest BCUT2D eigenvalue weighted by molar-refractivity contribution is 8.00. The number of carbonyl (C=O) groups is 1. The van der Waals surface area contributed by atoms with Gasteiger partial charge in [-0.15, -0.1) is 11.8 Å². The minimum Gasteiger partial charge on any atom is -0.350 e. The van der Waals surface area contributed by atoms with Crippen molar-refractivity contribution >= 4 is 23.4 Å². The second-order valence-electron chi connectivity index (χ2n) is 8.47. The largest absolute Gasteiger partial charge is 0.416 e. The summed E-state index contributed by atoms with van der Waals surface area (Å²) in [7, 11) is 0. The molecule has 0 unspecified atom stereocenters. The minimum atomic E-state index is -4.65. The Balaban J connectivity index is 1.42. The average Bonchev–Trinajstić information content (AvgIpc) is 2.57. The van der Waals surface area contributed by atoms with E-state index in [1.165, 1.54) is 19.3 Å². The Labute approximate surface area is 164 Å². The van der Waals surface area contributed by atoms with E-state index in [1.54, 1.807) is 0 Å². The summed E-state index contributed by atoms with van der Waals surface area (Å²) in [6, 6.07) is 2.41. The van der Waals surface area contributed by atoms with Gasteiger partial charge in [0, 0.05) is 11.6 Å². The molecule has 0 spiro atoms. The maximum atomic E-state index is 12.8. The van der Waals surface area contributed by atoms with Crippen LogP contribution in [0.15, 0.2) is 23.1 Å². The summed E-state index contributed by atoms with van der Waals surface area (Å²) >= 11 is 0.910. The molecule has 4 saturated carbocycles. The van der Waals surface area contributed by atoms with E-state index < -0.39 is 22.4 Å². The van der Waals surface area contributed by atoms with Gasteiger partial charge in [-0.2, -0.15) is 13.2 Å². The van der Waals surface area contributed by atoms with Crippen molar-refractivity contribution in [1.29, 1.82) is 0 Å². The number of carbonyl (C=O) groups excluding carboxylic acids is 1. The zero-order valence-electron chi connectivity index (χ0n) is 15.1. The molecule has 1 amide bonds. The number of halogens is 3. The van der Waals surface area contributed by atoms with E-state index in [1.807, 2.05) is 0 Å². The van der Waals surface area contributed by atoms with Crippen molar-refractivity contribution < 1.29 is 22.9 Å².